The molecule has 1 amide bonds. The summed E-state index contributed by atoms with van der Waals surface area (Å²) in [4.78, 5) is 23.0. The summed E-state index contributed by atoms with van der Waals surface area (Å²) in [5.41, 5.74) is 0.399. The van der Waals surface area contributed by atoms with E-state index in [1.54, 1.807) is 13.0 Å². The number of rotatable bonds is 8. The van der Waals surface area contributed by atoms with E-state index in [0.29, 0.717) is 24.5 Å². The monoisotopic (exact) mass is 351 g/mol. The summed E-state index contributed by atoms with van der Waals surface area (Å²) in [5.74, 6) is -0.654. The van der Waals surface area contributed by atoms with E-state index in [2.05, 4.69) is 5.32 Å². The second-order valence-electron chi connectivity index (χ2n) is 6.10. The predicted octanol–water partition coefficient (Wildman–Crippen LogP) is 1.83. The number of nitrogens with one attached hydrogen (secondary N) is 1. The van der Waals surface area contributed by atoms with Crippen molar-refractivity contribution in [2.75, 3.05) is 19.8 Å². The highest BCUT2D eigenvalue weighted by molar-refractivity contribution is 5.94. The number of hydrogen-bond acceptors (Lipinski definition) is 5. The maximum atomic E-state index is 12.3. The molecule has 1 aromatic rings. The lowest BCUT2D eigenvalue weighted by molar-refractivity contribution is -0.139. The van der Waals surface area contributed by atoms with Gasteiger partial charge in [-0.2, -0.15) is 0 Å². The average Bonchev–Trinajstić information content (AvgIpc) is 2.59. The molecule has 1 saturated carbocycles. The Morgan fingerprint density at radius 3 is 2.64 bits per heavy atom. The molecule has 0 aliphatic heterocycles. The van der Waals surface area contributed by atoms with E-state index < -0.39 is 12.6 Å². The Labute approximate surface area is 146 Å². The number of carboxylic acid groups (broad SMARTS) is 1. The first-order valence-electron chi connectivity index (χ1n) is 8.59. The summed E-state index contributed by atoms with van der Waals surface area (Å²) in [7, 11) is 0. The molecule has 2 rings (SSSR count). The number of carboxylic acids is 1. The van der Waals surface area contributed by atoms with Gasteiger partial charge in [-0.3, -0.25) is 4.79 Å². The van der Waals surface area contributed by atoms with Gasteiger partial charge in [0.2, 0.25) is 0 Å². The molecule has 0 radical (unpaired) electrons. The molecule has 3 N–H and O–H groups in total. The van der Waals surface area contributed by atoms with Crippen molar-refractivity contribution in [1.82, 2.24) is 5.32 Å². The normalized spacial score (nSPS) is 19.9. The van der Waals surface area contributed by atoms with E-state index in [4.69, 9.17) is 14.6 Å². The molecule has 138 valence electrons. The SMILES string of the molecule is CCOc1cc(C(=O)NC[C@H]2CCCC[C@H]2O)ccc1OCC(=O)O. The van der Waals surface area contributed by atoms with Crippen LogP contribution in [-0.4, -0.2) is 48.0 Å². The van der Waals surface area contributed by atoms with Gasteiger partial charge in [0.25, 0.3) is 5.91 Å². The third kappa shape index (κ3) is 5.63. The fourth-order valence-corrected chi connectivity index (χ4v) is 2.93. The van der Waals surface area contributed by atoms with Crippen LogP contribution < -0.4 is 14.8 Å². The molecule has 0 unspecified atom stereocenters. The number of aliphatic carboxylic acids is 1. The van der Waals surface area contributed by atoms with Gasteiger partial charge in [0.05, 0.1) is 12.7 Å². The zero-order valence-corrected chi connectivity index (χ0v) is 14.4. The fraction of sp³-hybridized carbons (Fsp3) is 0.556. The number of aliphatic hydroxyl groups is 1. The van der Waals surface area contributed by atoms with Crippen LogP contribution in [0, 0.1) is 5.92 Å². The molecule has 1 aromatic carbocycles. The van der Waals surface area contributed by atoms with Crippen molar-refractivity contribution in [3.63, 3.8) is 0 Å². The quantitative estimate of drug-likeness (QED) is 0.660. The van der Waals surface area contributed by atoms with Crippen LogP contribution in [0.25, 0.3) is 0 Å². The van der Waals surface area contributed by atoms with Crippen molar-refractivity contribution in [2.24, 2.45) is 5.92 Å². The van der Waals surface area contributed by atoms with Gasteiger partial charge in [-0.05, 0) is 38.0 Å². The van der Waals surface area contributed by atoms with E-state index in [1.165, 1.54) is 12.1 Å². The highest BCUT2D eigenvalue weighted by Gasteiger charge is 2.23. The van der Waals surface area contributed by atoms with Crippen LogP contribution >= 0.6 is 0 Å². The summed E-state index contributed by atoms with van der Waals surface area (Å²) in [6, 6.07) is 4.62. The van der Waals surface area contributed by atoms with E-state index in [1.807, 2.05) is 0 Å². The van der Waals surface area contributed by atoms with Gasteiger partial charge >= 0.3 is 5.97 Å². The lowest BCUT2D eigenvalue weighted by atomic mass is 9.86. The number of amides is 1. The van der Waals surface area contributed by atoms with Crippen LogP contribution in [0.15, 0.2) is 18.2 Å². The third-order valence-corrected chi connectivity index (χ3v) is 4.25. The first-order valence-corrected chi connectivity index (χ1v) is 8.59. The van der Waals surface area contributed by atoms with Crippen LogP contribution in [0.2, 0.25) is 0 Å². The molecule has 7 heteroatoms. The molecule has 1 fully saturated rings. The van der Waals surface area contributed by atoms with Crippen LogP contribution in [0.5, 0.6) is 11.5 Å². The maximum absolute atomic E-state index is 12.3. The van der Waals surface area contributed by atoms with Crippen molar-refractivity contribution >= 4 is 11.9 Å². The second kappa shape index (κ2) is 9.27. The molecule has 0 heterocycles. The number of aliphatic hydroxyl groups excluding tert-OH is 1. The molecule has 2 atom stereocenters. The summed E-state index contributed by atoms with van der Waals surface area (Å²) in [5, 5.41) is 21.5. The Hall–Kier alpha value is -2.28. The summed E-state index contributed by atoms with van der Waals surface area (Å²) in [6.07, 6.45) is 3.43. The highest BCUT2D eigenvalue weighted by Crippen LogP contribution is 2.29. The number of hydrogen-bond donors (Lipinski definition) is 3. The Kier molecular flexibility index (Phi) is 7.06. The van der Waals surface area contributed by atoms with Gasteiger partial charge in [0.15, 0.2) is 18.1 Å². The van der Waals surface area contributed by atoms with Crippen molar-refractivity contribution in [1.29, 1.82) is 0 Å². The van der Waals surface area contributed by atoms with Crippen molar-refractivity contribution < 1.29 is 29.3 Å². The zero-order valence-electron chi connectivity index (χ0n) is 14.4. The maximum Gasteiger partial charge on any atom is 0.341 e. The summed E-state index contributed by atoms with van der Waals surface area (Å²) in [6.45, 7) is 2.10. The molecule has 1 aliphatic carbocycles. The topological polar surface area (TPSA) is 105 Å². The van der Waals surface area contributed by atoms with Crippen molar-refractivity contribution in [3.05, 3.63) is 23.8 Å². The fourth-order valence-electron chi connectivity index (χ4n) is 2.93. The van der Waals surface area contributed by atoms with Crippen LogP contribution in [0.4, 0.5) is 0 Å². The predicted molar refractivity (Wildman–Crippen MR) is 91.0 cm³/mol. The Balaban J connectivity index is 2.00. The van der Waals surface area contributed by atoms with Gasteiger partial charge in [0, 0.05) is 18.0 Å². The van der Waals surface area contributed by atoms with Crippen LogP contribution in [0.3, 0.4) is 0 Å². The minimum Gasteiger partial charge on any atom is -0.490 e. The van der Waals surface area contributed by atoms with E-state index >= 15 is 0 Å². The van der Waals surface area contributed by atoms with Crippen LogP contribution in [0.1, 0.15) is 43.0 Å². The Morgan fingerprint density at radius 1 is 1.20 bits per heavy atom. The molecule has 0 spiro atoms. The summed E-state index contributed by atoms with van der Waals surface area (Å²) >= 11 is 0. The number of carbonyl (C=O) groups is 2. The molecule has 1 aliphatic rings. The minimum atomic E-state index is -1.09. The molecular formula is C18H25NO6. The van der Waals surface area contributed by atoms with E-state index in [0.717, 1.165) is 25.7 Å². The molecule has 0 bridgehead atoms. The number of benzene rings is 1. The zero-order chi connectivity index (χ0) is 18.2. The lowest BCUT2D eigenvalue weighted by Crippen LogP contribution is -2.36. The van der Waals surface area contributed by atoms with Gasteiger partial charge in [-0.25, -0.2) is 4.79 Å². The Bertz CT molecular complexity index is 603. The molecule has 0 saturated heterocycles. The molecule has 25 heavy (non-hydrogen) atoms. The first kappa shape index (κ1) is 19.1. The highest BCUT2D eigenvalue weighted by atomic mass is 16.5. The largest absolute Gasteiger partial charge is 0.490 e. The first-order chi connectivity index (χ1) is 12.0. The Morgan fingerprint density at radius 2 is 1.96 bits per heavy atom. The smallest absolute Gasteiger partial charge is 0.341 e. The van der Waals surface area contributed by atoms with Crippen molar-refractivity contribution in [2.45, 2.75) is 38.7 Å². The summed E-state index contributed by atoms with van der Waals surface area (Å²) < 4.78 is 10.6. The van der Waals surface area contributed by atoms with Crippen LogP contribution in [-0.2, 0) is 4.79 Å². The molecular weight excluding hydrogens is 326 g/mol. The lowest BCUT2D eigenvalue weighted by Gasteiger charge is -2.27. The number of carbonyl (C=O) groups excluding carboxylic acids is 1. The van der Waals surface area contributed by atoms with E-state index in [9.17, 15) is 14.7 Å². The average molecular weight is 351 g/mol. The van der Waals surface area contributed by atoms with E-state index in [-0.39, 0.29) is 23.7 Å². The number of ether oxygens (including phenoxy) is 2. The third-order valence-electron chi connectivity index (χ3n) is 4.25. The van der Waals surface area contributed by atoms with Crippen molar-refractivity contribution in [3.8, 4) is 11.5 Å². The van der Waals surface area contributed by atoms with Gasteiger partial charge in [-0.1, -0.05) is 12.8 Å². The van der Waals surface area contributed by atoms with Gasteiger partial charge < -0.3 is 25.0 Å². The molecule has 7 nitrogen and oxygen atoms in total. The van der Waals surface area contributed by atoms with Gasteiger partial charge in [-0.15, -0.1) is 0 Å². The standard InChI is InChI=1S/C18H25NO6/c1-2-24-16-9-12(7-8-15(16)25-11-17(21)22)18(23)19-10-13-5-3-4-6-14(13)20/h7-9,13-14,20H,2-6,10-11H2,1H3,(H,19,23)(H,21,22)/t13-,14-/m1/s1. The minimum absolute atomic E-state index is 0.0854. The second-order valence-corrected chi connectivity index (χ2v) is 6.10. The molecule has 0 aromatic heterocycles. The van der Waals surface area contributed by atoms with Gasteiger partial charge in [0.1, 0.15) is 0 Å².